The van der Waals surface area contributed by atoms with Gasteiger partial charge in [-0.3, -0.25) is 4.79 Å². The molecule has 2 aromatic rings. The first-order chi connectivity index (χ1) is 12.2. The van der Waals surface area contributed by atoms with Crippen LogP contribution in [0.15, 0.2) is 42.5 Å². The van der Waals surface area contributed by atoms with Gasteiger partial charge in [0.25, 0.3) is 5.91 Å². The number of morpholine rings is 1. The summed E-state index contributed by atoms with van der Waals surface area (Å²) in [5.74, 6) is 0.678. The van der Waals surface area contributed by atoms with E-state index < -0.39 is 0 Å². The molecule has 1 amide bonds. The highest BCUT2D eigenvalue weighted by molar-refractivity contribution is 6.08. The minimum absolute atomic E-state index is 0.270. The molecule has 6 heteroatoms. The van der Waals surface area contributed by atoms with Crippen molar-refractivity contribution in [2.24, 2.45) is 0 Å². The average molecular weight is 342 g/mol. The summed E-state index contributed by atoms with van der Waals surface area (Å²) < 4.78 is 15.9. The maximum atomic E-state index is 12.7. The van der Waals surface area contributed by atoms with E-state index in [1.807, 2.05) is 24.3 Å². The van der Waals surface area contributed by atoms with Gasteiger partial charge in [0.05, 0.1) is 27.4 Å². The van der Waals surface area contributed by atoms with E-state index in [1.165, 1.54) is 14.2 Å². The second-order valence-electron chi connectivity index (χ2n) is 5.64. The molecule has 1 aliphatic heterocycles. The quantitative estimate of drug-likeness (QED) is 0.905. The first kappa shape index (κ1) is 17.1. The van der Waals surface area contributed by atoms with Gasteiger partial charge in [0.1, 0.15) is 17.1 Å². The molecule has 0 atom stereocenters. The maximum absolute atomic E-state index is 12.7. The van der Waals surface area contributed by atoms with Crippen LogP contribution in [0.25, 0.3) is 0 Å². The van der Waals surface area contributed by atoms with Gasteiger partial charge in [0.15, 0.2) is 0 Å². The van der Waals surface area contributed by atoms with E-state index in [2.05, 4.69) is 10.2 Å². The topological polar surface area (TPSA) is 60.0 Å². The third-order valence-electron chi connectivity index (χ3n) is 4.16. The molecule has 1 N–H and O–H groups in total. The van der Waals surface area contributed by atoms with Crippen LogP contribution in [0, 0.1) is 0 Å². The number of hydrogen-bond acceptors (Lipinski definition) is 5. The number of nitrogens with one attached hydrogen (secondary N) is 1. The second-order valence-corrected chi connectivity index (χ2v) is 5.64. The number of nitrogens with zero attached hydrogens (tertiary/aromatic N) is 1. The van der Waals surface area contributed by atoms with Crippen molar-refractivity contribution in [1.29, 1.82) is 0 Å². The Hall–Kier alpha value is -2.73. The molecule has 132 valence electrons. The fourth-order valence-electron chi connectivity index (χ4n) is 2.85. The minimum Gasteiger partial charge on any atom is -0.496 e. The monoisotopic (exact) mass is 342 g/mol. The van der Waals surface area contributed by atoms with Crippen molar-refractivity contribution in [3.8, 4) is 11.5 Å². The molecule has 0 saturated carbocycles. The summed E-state index contributed by atoms with van der Waals surface area (Å²) in [6.07, 6.45) is 0. The van der Waals surface area contributed by atoms with Crippen LogP contribution in [0.3, 0.4) is 0 Å². The van der Waals surface area contributed by atoms with Gasteiger partial charge in [-0.05, 0) is 36.4 Å². The van der Waals surface area contributed by atoms with Crippen molar-refractivity contribution in [3.05, 3.63) is 48.0 Å². The summed E-state index contributed by atoms with van der Waals surface area (Å²) in [7, 11) is 3.06. The predicted molar refractivity (Wildman–Crippen MR) is 97.0 cm³/mol. The van der Waals surface area contributed by atoms with Crippen molar-refractivity contribution < 1.29 is 19.0 Å². The number of anilines is 2. The average Bonchev–Trinajstić information content (AvgIpc) is 2.68. The van der Waals surface area contributed by atoms with Gasteiger partial charge in [-0.25, -0.2) is 0 Å². The van der Waals surface area contributed by atoms with Crippen LogP contribution in [-0.2, 0) is 4.74 Å². The fourth-order valence-corrected chi connectivity index (χ4v) is 2.85. The lowest BCUT2D eigenvalue weighted by Crippen LogP contribution is -2.36. The SMILES string of the molecule is COc1cccc(OC)c1C(=O)Nc1ccc(N2CCOCC2)cc1. The van der Waals surface area contributed by atoms with Crippen LogP contribution >= 0.6 is 0 Å². The largest absolute Gasteiger partial charge is 0.496 e. The van der Waals surface area contributed by atoms with Crippen LogP contribution in [0.4, 0.5) is 11.4 Å². The van der Waals surface area contributed by atoms with Crippen LogP contribution < -0.4 is 19.7 Å². The number of amides is 1. The molecule has 1 aliphatic rings. The van der Waals surface area contributed by atoms with Crippen LogP contribution in [-0.4, -0.2) is 46.4 Å². The Balaban J connectivity index is 1.75. The maximum Gasteiger partial charge on any atom is 0.263 e. The Morgan fingerprint density at radius 2 is 1.60 bits per heavy atom. The van der Waals surface area contributed by atoms with Crippen LogP contribution in [0.2, 0.25) is 0 Å². The van der Waals surface area contributed by atoms with E-state index in [9.17, 15) is 4.79 Å². The molecule has 25 heavy (non-hydrogen) atoms. The number of methoxy groups -OCH3 is 2. The van der Waals surface area contributed by atoms with Gasteiger partial charge in [0, 0.05) is 24.5 Å². The number of carbonyl (C=O) groups excluding carboxylic acids is 1. The normalized spacial score (nSPS) is 14.1. The number of rotatable bonds is 5. The van der Waals surface area contributed by atoms with Crippen molar-refractivity contribution in [2.75, 3.05) is 50.7 Å². The first-order valence-corrected chi connectivity index (χ1v) is 8.18. The Kier molecular flexibility index (Phi) is 5.40. The molecule has 1 saturated heterocycles. The standard InChI is InChI=1S/C19H22N2O4/c1-23-16-4-3-5-17(24-2)18(16)19(22)20-14-6-8-15(9-7-14)21-10-12-25-13-11-21/h3-9H,10-13H2,1-2H3,(H,20,22). The van der Waals surface area contributed by atoms with Crippen LogP contribution in [0.1, 0.15) is 10.4 Å². The Morgan fingerprint density at radius 3 is 2.16 bits per heavy atom. The summed E-state index contributed by atoms with van der Waals surface area (Å²) in [6.45, 7) is 3.24. The highest BCUT2D eigenvalue weighted by Gasteiger charge is 2.18. The first-order valence-electron chi connectivity index (χ1n) is 8.18. The Morgan fingerprint density at radius 1 is 1.00 bits per heavy atom. The van der Waals surface area contributed by atoms with Crippen molar-refractivity contribution in [3.63, 3.8) is 0 Å². The molecule has 1 fully saturated rings. The van der Waals surface area contributed by atoms with Crippen molar-refractivity contribution in [1.82, 2.24) is 0 Å². The number of hydrogen-bond donors (Lipinski definition) is 1. The van der Waals surface area contributed by atoms with E-state index in [-0.39, 0.29) is 5.91 Å². The van der Waals surface area contributed by atoms with Gasteiger partial charge >= 0.3 is 0 Å². The summed E-state index contributed by atoms with van der Waals surface area (Å²) in [5, 5.41) is 2.90. The molecular formula is C19H22N2O4. The minimum atomic E-state index is -0.270. The zero-order valence-electron chi connectivity index (χ0n) is 14.5. The molecule has 0 bridgehead atoms. The number of benzene rings is 2. The summed E-state index contributed by atoms with van der Waals surface area (Å²) in [4.78, 5) is 14.9. The fraction of sp³-hybridized carbons (Fsp3) is 0.316. The highest BCUT2D eigenvalue weighted by atomic mass is 16.5. The predicted octanol–water partition coefficient (Wildman–Crippen LogP) is 2.79. The third kappa shape index (κ3) is 3.85. The summed E-state index contributed by atoms with van der Waals surface area (Å²) in [6, 6.07) is 13.0. The molecule has 2 aromatic carbocycles. The lowest BCUT2D eigenvalue weighted by Gasteiger charge is -2.28. The lowest BCUT2D eigenvalue weighted by molar-refractivity contribution is 0.102. The zero-order chi connectivity index (χ0) is 17.6. The van der Waals surface area contributed by atoms with Gasteiger partial charge in [-0.2, -0.15) is 0 Å². The van der Waals surface area contributed by atoms with Crippen LogP contribution in [0.5, 0.6) is 11.5 Å². The molecule has 0 unspecified atom stereocenters. The van der Waals surface area contributed by atoms with Gasteiger partial charge in [-0.15, -0.1) is 0 Å². The molecule has 0 radical (unpaired) electrons. The smallest absolute Gasteiger partial charge is 0.263 e. The van der Waals surface area contributed by atoms with E-state index in [1.54, 1.807) is 18.2 Å². The van der Waals surface area contributed by atoms with E-state index in [0.29, 0.717) is 17.1 Å². The number of ether oxygens (including phenoxy) is 3. The molecule has 1 heterocycles. The molecule has 0 aliphatic carbocycles. The summed E-state index contributed by atoms with van der Waals surface area (Å²) in [5.41, 5.74) is 2.22. The number of carbonyl (C=O) groups is 1. The molecule has 3 rings (SSSR count). The van der Waals surface area contributed by atoms with E-state index in [0.717, 1.165) is 37.7 Å². The van der Waals surface area contributed by atoms with E-state index in [4.69, 9.17) is 14.2 Å². The third-order valence-corrected chi connectivity index (χ3v) is 4.16. The van der Waals surface area contributed by atoms with Gasteiger partial charge in [-0.1, -0.05) is 6.07 Å². The highest BCUT2D eigenvalue weighted by Crippen LogP contribution is 2.29. The molecule has 0 spiro atoms. The van der Waals surface area contributed by atoms with Gasteiger partial charge in [0.2, 0.25) is 0 Å². The second kappa shape index (κ2) is 7.90. The summed E-state index contributed by atoms with van der Waals surface area (Å²) >= 11 is 0. The molecule has 6 nitrogen and oxygen atoms in total. The van der Waals surface area contributed by atoms with Crippen molar-refractivity contribution in [2.45, 2.75) is 0 Å². The van der Waals surface area contributed by atoms with Gasteiger partial charge < -0.3 is 24.4 Å². The zero-order valence-corrected chi connectivity index (χ0v) is 14.5. The van der Waals surface area contributed by atoms with E-state index >= 15 is 0 Å². The van der Waals surface area contributed by atoms with Crippen molar-refractivity contribution >= 4 is 17.3 Å². The lowest BCUT2D eigenvalue weighted by atomic mass is 10.1. The Labute approximate surface area is 147 Å². The Bertz CT molecular complexity index is 702. The molecular weight excluding hydrogens is 320 g/mol. The molecule has 0 aromatic heterocycles.